The van der Waals surface area contributed by atoms with Crippen molar-refractivity contribution < 1.29 is 27.0 Å². The first-order valence-electron chi connectivity index (χ1n) is 7.45. The number of nitrogens with zero attached hydrogens (tertiary/aromatic N) is 1. The maximum Gasteiger partial charge on any atom is 0.241 e. The number of thiazole rings is 1. The molecule has 0 fully saturated rings. The zero-order valence-corrected chi connectivity index (χ0v) is 15.9. The van der Waals surface area contributed by atoms with Crippen molar-refractivity contribution in [2.24, 2.45) is 0 Å². The van der Waals surface area contributed by atoms with Crippen molar-refractivity contribution >= 4 is 31.4 Å². The summed E-state index contributed by atoms with van der Waals surface area (Å²) in [7, 11) is -0.184. The molecule has 0 aliphatic rings. The first-order chi connectivity index (χ1) is 12.4. The van der Waals surface area contributed by atoms with Crippen molar-refractivity contribution in [2.45, 2.75) is 9.84 Å². The van der Waals surface area contributed by atoms with Crippen molar-refractivity contribution in [3.63, 3.8) is 0 Å². The van der Waals surface area contributed by atoms with E-state index in [1.165, 1.54) is 33.5 Å². The zero-order valence-electron chi connectivity index (χ0n) is 14.2. The van der Waals surface area contributed by atoms with E-state index in [-0.39, 0.29) is 27.2 Å². The van der Waals surface area contributed by atoms with Gasteiger partial charge in [-0.15, -0.1) is 11.3 Å². The summed E-state index contributed by atoms with van der Waals surface area (Å²) < 4.78 is 56.3. The molecule has 2 aromatic carbocycles. The number of ether oxygens (including phenoxy) is 3. The van der Waals surface area contributed by atoms with E-state index in [1.54, 1.807) is 24.3 Å². The molecular weight excluding hydrogens is 381 g/mol. The molecule has 9 heteroatoms. The summed E-state index contributed by atoms with van der Waals surface area (Å²) in [6, 6.07) is 9.47. The minimum Gasteiger partial charge on any atom is -0.493 e. The van der Waals surface area contributed by atoms with E-state index in [0.717, 1.165) is 11.3 Å². The maximum absolute atomic E-state index is 15.0. The molecule has 138 valence electrons. The lowest BCUT2D eigenvalue weighted by Crippen LogP contribution is -2.10. The average molecular weight is 397 g/mol. The molecule has 1 atom stereocenters. The van der Waals surface area contributed by atoms with Crippen LogP contribution >= 0.6 is 11.3 Å². The van der Waals surface area contributed by atoms with Crippen molar-refractivity contribution in [2.75, 3.05) is 21.3 Å². The predicted molar refractivity (Wildman–Crippen MR) is 96.8 cm³/mol. The van der Waals surface area contributed by atoms with Gasteiger partial charge in [-0.2, -0.15) is 0 Å². The van der Waals surface area contributed by atoms with Crippen LogP contribution in [0.4, 0.5) is 4.39 Å². The van der Waals surface area contributed by atoms with Crippen molar-refractivity contribution in [3.8, 4) is 17.2 Å². The molecule has 1 unspecified atom stereocenters. The number of fused-ring (bicyclic) bond motifs is 1. The van der Waals surface area contributed by atoms with E-state index in [1.807, 2.05) is 0 Å². The van der Waals surface area contributed by atoms with Crippen LogP contribution in [0.3, 0.4) is 0 Å². The van der Waals surface area contributed by atoms with Crippen LogP contribution in [-0.4, -0.2) is 34.7 Å². The van der Waals surface area contributed by atoms with E-state index in [4.69, 9.17) is 14.2 Å². The first-order valence-corrected chi connectivity index (χ1v) is 9.82. The largest absolute Gasteiger partial charge is 0.493 e. The molecule has 1 heterocycles. The van der Waals surface area contributed by atoms with Crippen molar-refractivity contribution in [1.82, 2.24) is 4.98 Å². The number of alkyl halides is 1. The Balaban J connectivity index is 2.08. The Hall–Kier alpha value is -2.39. The second-order valence-corrected chi connectivity index (χ2v) is 8.45. The lowest BCUT2D eigenvalue weighted by Gasteiger charge is -2.15. The van der Waals surface area contributed by atoms with Gasteiger partial charge >= 0.3 is 0 Å². The molecule has 0 spiro atoms. The minimum atomic E-state index is -4.33. The van der Waals surface area contributed by atoms with Gasteiger partial charge in [0, 0.05) is 5.56 Å². The van der Waals surface area contributed by atoms with Gasteiger partial charge in [0.05, 0.1) is 31.5 Å². The number of hydrogen-bond donors (Lipinski definition) is 0. The van der Waals surface area contributed by atoms with Gasteiger partial charge in [0.1, 0.15) is 0 Å². The quantitative estimate of drug-likeness (QED) is 0.630. The number of aromatic nitrogens is 1. The Morgan fingerprint density at radius 2 is 1.65 bits per heavy atom. The molecule has 3 aromatic rings. The number of methoxy groups -OCH3 is 3. The second-order valence-electron chi connectivity index (χ2n) is 5.27. The SMILES string of the molecule is COc1cc(C(F)S(=O)(=O)c2nc3ccccc3s2)cc(OC)c1OC. The molecule has 0 bridgehead atoms. The van der Waals surface area contributed by atoms with E-state index in [2.05, 4.69) is 4.98 Å². The van der Waals surface area contributed by atoms with Crippen molar-refractivity contribution in [1.29, 1.82) is 0 Å². The number of para-hydroxylation sites is 1. The molecule has 0 aliphatic carbocycles. The van der Waals surface area contributed by atoms with E-state index < -0.39 is 15.3 Å². The van der Waals surface area contributed by atoms with Crippen LogP contribution in [0, 0.1) is 0 Å². The zero-order chi connectivity index (χ0) is 18.9. The Labute approximate surface area is 154 Å². The third-order valence-corrected chi connectivity index (χ3v) is 6.91. The standard InChI is InChI=1S/C17H16FNO5S2/c1-22-12-8-10(9-13(23-2)15(12)24-3)16(18)26(20,21)17-19-11-6-4-5-7-14(11)25-17/h4-9,16H,1-3H3. The van der Waals surface area contributed by atoms with Gasteiger partial charge in [-0.05, 0) is 24.3 Å². The lowest BCUT2D eigenvalue weighted by molar-refractivity contribution is 0.322. The number of benzene rings is 2. The smallest absolute Gasteiger partial charge is 0.241 e. The molecule has 0 radical (unpaired) electrons. The molecular formula is C17H16FNO5S2. The molecule has 26 heavy (non-hydrogen) atoms. The third kappa shape index (κ3) is 3.08. The van der Waals surface area contributed by atoms with Crippen LogP contribution in [-0.2, 0) is 9.84 Å². The Kier molecular flexibility index (Phi) is 5.01. The average Bonchev–Trinajstić information content (AvgIpc) is 3.11. The van der Waals surface area contributed by atoms with Crippen molar-refractivity contribution in [3.05, 3.63) is 42.0 Å². The molecule has 0 saturated heterocycles. The summed E-state index contributed by atoms with van der Waals surface area (Å²) in [5, 5.41) is 0. The van der Waals surface area contributed by atoms with Gasteiger partial charge in [0.15, 0.2) is 11.5 Å². The number of hydrogen-bond acceptors (Lipinski definition) is 7. The summed E-state index contributed by atoms with van der Waals surface area (Å²) in [6.45, 7) is 0. The fourth-order valence-corrected chi connectivity index (χ4v) is 5.05. The lowest BCUT2D eigenvalue weighted by atomic mass is 10.2. The van der Waals surface area contributed by atoms with Gasteiger partial charge in [0.2, 0.25) is 25.4 Å². The fraction of sp³-hybridized carbons (Fsp3) is 0.235. The molecule has 6 nitrogen and oxygen atoms in total. The van der Waals surface area contributed by atoms with E-state index in [9.17, 15) is 8.42 Å². The highest BCUT2D eigenvalue weighted by atomic mass is 32.2. The van der Waals surface area contributed by atoms with E-state index >= 15 is 4.39 Å². The minimum absolute atomic E-state index is 0.126. The molecule has 0 N–H and O–H groups in total. The van der Waals surface area contributed by atoms with E-state index in [0.29, 0.717) is 10.2 Å². The third-order valence-electron chi connectivity index (χ3n) is 3.74. The van der Waals surface area contributed by atoms with Crippen LogP contribution < -0.4 is 14.2 Å². The molecule has 0 amide bonds. The Morgan fingerprint density at radius 1 is 1.04 bits per heavy atom. The van der Waals surface area contributed by atoms with Gasteiger partial charge in [-0.3, -0.25) is 0 Å². The van der Waals surface area contributed by atoms with Crippen LogP contribution in [0.15, 0.2) is 40.7 Å². The number of halogens is 1. The summed E-state index contributed by atoms with van der Waals surface area (Å²) in [5.41, 5.74) is -1.94. The second kappa shape index (κ2) is 7.08. The summed E-state index contributed by atoms with van der Waals surface area (Å²) in [4.78, 5) is 4.05. The van der Waals surface area contributed by atoms with Crippen LogP contribution in [0.1, 0.15) is 11.1 Å². The maximum atomic E-state index is 15.0. The number of rotatable bonds is 6. The molecule has 1 aromatic heterocycles. The molecule has 0 aliphatic heterocycles. The topological polar surface area (TPSA) is 74.7 Å². The molecule has 3 rings (SSSR count). The Bertz CT molecular complexity index is 990. The van der Waals surface area contributed by atoms with Gasteiger partial charge in [-0.1, -0.05) is 12.1 Å². The number of sulfone groups is 1. The van der Waals surface area contributed by atoms with Gasteiger partial charge < -0.3 is 14.2 Å². The van der Waals surface area contributed by atoms with Crippen LogP contribution in [0.2, 0.25) is 0 Å². The monoisotopic (exact) mass is 397 g/mol. The highest BCUT2D eigenvalue weighted by Gasteiger charge is 2.33. The van der Waals surface area contributed by atoms with Gasteiger partial charge in [0.25, 0.3) is 0 Å². The Morgan fingerprint density at radius 3 is 2.19 bits per heavy atom. The van der Waals surface area contributed by atoms with Gasteiger partial charge in [-0.25, -0.2) is 17.8 Å². The summed E-state index contributed by atoms with van der Waals surface area (Å²) in [6.07, 6.45) is 0. The molecule has 0 saturated carbocycles. The highest BCUT2D eigenvalue weighted by Crippen LogP contribution is 2.43. The van der Waals surface area contributed by atoms with Crippen LogP contribution in [0.25, 0.3) is 10.2 Å². The summed E-state index contributed by atoms with van der Waals surface area (Å²) >= 11 is 0.929. The predicted octanol–water partition coefficient (Wildman–Crippen LogP) is 3.76. The van der Waals surface area contributed by atoms with Crippen LogP contribution in [0.5, 0.6) is 17.2 Å². The fourth-order valence-electron chi connectivity index (χ4n) is 2.47. The normalized spacial score (nSPS) is 12.8. The highest BCUT2D eigenvalue weighted by molar-refractivity contribution is 7.93. The summed E-state index contributed by atoms with van der Waals surface area (Å²) in [5.74, 6) is 0.594. The first kappa shape index (κ1) is 18.4.